The first-order chi connectivity index (χ1) is 19.7. The Morgan fingerprint density at radius 1 is 0.829 bits per heavy atom. The Bertz CT molecular complexity index is 1440. The first kappa shape index (κ1) is 29.7. The van der Waals surface area contributed by atoms with E-state index in [0.29, 0.717) is 16.6 Å². The number of halogens is 5. The largest absolute Gasteiger partial charge is 0.573 e. The average molecular weight is 606 g/mol. The normalized spacial score (nSPS) is 15.1. The van der Waals surface area contributed by atoms with E-state index in [1.165, 1.54) is 17.7 Å². The fraction of sp³-hybridized carbons (Fsp3) is 0.355. The molecule has 0 bridgehead atoms. The molecule has 0 saturated carbocycles. The van der Waals surface area contributed by atoms with Crippen molar-refractivity contribution in [2.75, 3.05) is 32.7 Å². The Labute approximate surface area is 248 Å². The van der Waals surface area contributed by atoms with Crippen LogP contribution < -0.4 is 10.5 Å². The van der Waals surface area contributed by atoms with E-state index in [9.17, 15) is 13.2 Å². The van der Waals surface area contributed by atoms with Gasteiger partial charge in [-0.15, -0.1) is 13.2 Å². The van der Waals surface area contributed by atoms with Gasteiger partial charge in [0.05, 0.1) is 0 Å². The number of piperazine rings is 1. The van der Waals surface area contributed by atoms with Crippen LogP contribution in [0, 0.1) is 0 Å². The summed E-state index contributed by atoms with van der Waals surface area (Å²) in [5.41, 5.74) is 10.8. The molecule has 4 aromatic rings. The predicted molar refractivity (Wildman–Crippen MR) is 159 cm³/mol. The molecule has 0 radical (unpaired) electrons. The predicted octanol–water partition coefficient (Wildman–Crippen LogP) is 7.57. The van der Waals surface area contributed by atoms with Crippen LogP contribution in [0.25, 0.3) is 22.0 Å². The highest BCUT2D eigenvalue weighted by atomic mass is 35.5. The number of fused-ring (bicyclic) bond motifs is 1. The molecular weight excluding hydrogens is 572 g/mol. The van der Waals surface area contributed by atoms with Crippen LogP contribution in [0.15, 0.2) is 66.9 Å². The van der Waals surface area contributed by atoms with Gasteiger partial charge >= 0.3 is 6.36 Å². The third kappa shape index (κ3) is 7.56. The highest BCUT2D eigenvalue weighted by Crippen LogP contribution is 2.34. The van der Waals surface area contributed by atoms with E-state index in [-0.39, 0.29) is 5.75 Å². The minimum Gasteiger partial charge on any atom is -0.406 e. The quantitative estimate of drug-likeness (QED) is 0.190. The van der Waals surface area contributed by atoms with E-state index in [2.05, 4.69) is 43.5 Å². The lowest BCUT2D eigenvalue weighted by Crippen LogP contribution is -2.45. The summed E-state index contributed by atoms with van der Waals surface area (Å²) in [6, 6.07) is 18.2. The molecular formula is C31H33Cl2F3N4O. The summed E-state index contributed by atoms with van der Waals surface area (Å²) in [5.74, 6) is -0.232. The lowest BCUT2D eigenvalue weighted by molar-refractivity contribution is -0.274. The number of unbranched alkanes of at least 4 members (excludes halogenated alkanes) is 1. The fourth-order valence-corrected chi connectivity index (χ4v) is 5.91. The van der Waals surface area contributed by atoms with Crippen LogP contribution in [0.2, 0.25) is 10.0 Å². The first-order valence-corrected chi connectivity index (χ1v) is 14.5. The zero-order valence-corrected chi connectivity index (χ0v) is 24.2. The molecule has 10 heteroatoms. The maximum atomic E-state index is 12.7. The molecule has 0 unspecified atom stereocenters. The maximum Gasteiger partial charge on any atom is 0.573 e. The molecule has 5 rings (SSSR count). The number of benzene rings is 3. The summed E-state index contributed by atoms with van der Waals surface area (Å²) >= 11 is 12.8. The minimum absolute atomic E-state index is 0.232. The Morgan fingerprint density at radius 2 is 1.49 bits per heavy atom. The number of aryl methyl sites for hydroxylation is 1. The highest BCUT2D eigenvalue weighted by Gasteiger charge is 2.31. The summed E-state index contributed by atoms with van der Waals surface area (Å²) in [6.07, 6.45) is -0.763. The smallest absolute Gasteiger partial charge is 0.406 e. The number of rotatable bonds is 10. The van der Waals surface area contributed by atoms with Crippen LogP contribution >= 0.6 is 23.2 Å². The van der Waals surface area contributed by atoms with Crippen LogP contribution in [-0.4, -0.2) is 53.5 Å². The van der Waals surface area contributed by atoms with Crippen LogP contribution in [0.4, 0.5) is 13.2 Å². The molecule has 0 amide bonds. The van der Waals surface area contributed by atoms with Crippen LogP contribution in [0.5, 0.6) is 5.75 Å². The number of nitrogens with two attached hydrogens (primary N) is 1. The SMILES string of the molecule is NCCCCn1cc(-c2ccc(OC(F)(F)F)cc2)c2cc(CN3CCN(Cc4c(Cl)cccc4Cl)CC3)ccc21. The fourth-order valence-electron chi connectivity index (χ4n) is 5.39. The van der Waals surface area contributed by atoms with Gasteiger partial charge in [-0.25, -0.2) is 0 Å². The second-order valence-electron chi connectivity index (χ2n) is 10.4. The molecule has 0 spiro atoms. The molecule has 1 aromatic heterocycles. The van der Waals surface area contributed by atoms with Gasteiger partial charge in [-0.1, -0.05) is 47.5 Å². The number of aromatic nitrogens is 1. The Hall–Kier alpha value is -2.75. The Kier molecular flexibility index (Phi) is 9.46. The zero-order chi connectivity index (χ0) is 29.0. The minimum atomic E-state index is -4.72. The molecule has 3 aromatic carbocycles. The van der Waals surface area contributed by atoms with Crippen molar-refractivity contribution in [2.24, 2.45) is 5.73 Å². The third-order valence-corrected chi connectivity index (χ3v) is 8.22. The van der Waals surface area contributed by atoms with Gasteiger partial charge in [0.15, 0.2) is 0 Å². The van der Waals surface area contributed by atoms with Crippen LogP contribution in [0.1, 0.15) is 24.0 Å². The van der Waals surface area contributed by atoms with Gasteiger partial charge in [-0.2, -0.15) is 0 Å². The monoisotopic (exact) mass is 604 g/mol. The molecule has 1 saturated heterocycles. The number of alkyl halides is 3. The van der Waals surface area contributed by atoms with Crippen molar-refractivity contribution in [1.29, 1.82) is 0 Å². The molecule has 0 atom stereocenters. The van der Waals surface area contributed by atoms with E-state index in [4.69, 9.17) is 28.9 Å². The van der Waals surface area contributed by atoms with Gasteiger partial charge in [0.25, 0.3) is 0 Å². The van der Waals surface area contributed by atoms with Crippen LogP contribution in [0.3, 0.4) is 0 Å². The highest BCUT2D eigenvalue weighted by molar-refractivity contribution is 6.35. The molecule has 2 heterocycles. The van der Waals surface area contributed by atoms with Crippen molar-refractivity contribution in [2.45, 2.75) is 38.8 Å². The summed E-state index contributed by atoms with van der Waals surface area (Å²) in [5, 5.41) is 2.47. The van der Waals surface area contributed by atoms with Crippen molar-refractivity contribution >= 4 is 34.1 Å². The van der Waals surface area contributed by atoms with Crippen molar-refractivity contribution in [1.82, 2.24) is 14.4 Å². The van der Waals surface area contributed by atoms with Gasteiger partial charge < -0.3 is 15.0 Å². The van der Waals surface area contributed by atoms with E-state index in [1.54, 1.807) is 12.1 Å². The molecule has 1 aliphatic heterocycles. The first-order valence-electron chi connectivity index (χ1n) is 13.8. The standard InChI is InChI=1S/C31H33Cl2F3N4O/c32-28-4-3-5-29(33)27(28)20-39-16-14-38(15-17-39)19-22-6-11-30-25(18-22)26(21-40(30)13-2-1-12-37)23-7-9-24(10-8-23)41-31(34,35)36/h3-11,18,21H,1-2,12-17,19-20,37H2. The molecule has 2 N–H and O–H groups in total. The van der Waals surface area contributed by atoms with Crippen molar-refractivity contribution < 1.29 is 17.9 Å². The van der Waals surface area contributed by atoms with Gasteiger partial charge in [0, 0.05) is 84.1 Å². The molecule has 1 aliphatic rings. The number of hydrogen-bond acceptors (Lipinski definition) is 4. The lowest BCUT2D eigenvalue weighted by atomic mass is 10.0. The van der Waals surface area contributed by atoms with Gasteiger partial charge in [-0.3, -0.25) is 9.80 Å². The van der Waals surface area contributed by atoms with E-state index >= 15 is 0 Å². The molecule has 41 heavy (non-hydrogen) atoms. The van der Waals surface area contributed by atoms with E-state index < -0.39 is 6.36 Å². The molecule has 1 fully saturated rings. The molecule has 5 nitrogen and oxygen atoms in total. The summed E-state index contributed by atoms with van der Waals surface area (Å²) < 4.78 is 44.3. The lowest BCUT2D eigenvalue weighted by Gasteiger charge is -2.35. The summed E-state index contributed by atoms with van der Waals surface area (Å²) in [7, 11) is 0. The van der Waals surface area contributed by atoms with Crippen molar-refractivity contribution in [3.05, 3.63) is 88.0 Å². The molecule has 218 valence electrons. The van der Waals surface area contributed by atoms with Gasteiger partial charge in [0.1, 0.15) is 5.75 Å². The van der Waals surface area contributed by atoms with E-state index in [1.807, 2.05) is 18.2 Å². The Balaban J connectivity index is 1.32. The topological polar surface area (TPSA) is 46.7 Å². The zero-order valence-electron chi connectivity index (χ0n) is 22.6. The van der Waals surface area contributed by atoms with Crippen LogP contribution in [-0.2, 0) is 19.6 Å². The second kappa shape index (κ2) is 13.0. The number of hydrogen-bond donors (Lipinski definition) is 1. The van der Waals surface area contributed by atoms with Crippen molar-refractivity contribution in [3.8, 4) is 16.9 Å². The van der Waals surface area contributed by atoms with Crippen molar-refractivity contribution in [3.63, 3.8) is 0 Å². The maximum absolute atomic E-state index is 12.7. The summed E-state index contributed by atoms with van der Waals surface area (Å²) in [4.78, 5) is 4.81. The van der Waals surface area contributed by atoms with E-state index in [0.717, 1.165) is 86.2 Å². The van der Waals surface area contributed by atoms with Gasteiger partial charge in [0.2, 0.25) is 0 Å². The summed E-state index contributed by atoms with van der Waals surface area (Å²) in [6.45, 7) is 6.67. The Morgan fingerprint density at radius 3 is 2.12 bits per heavy atom. The van der Waals surface area contributed by atoms with Gasteiger partial charge in [-0.05, 0) is 66.9 Å². The second-order valence-corrected chi connectivity index (χ2v) is 11.2. The third-order valence-electron chi connectivity index (χ3n) is 7.51. The average Bonchev–Trinajstić information content (AvgIpc) is 3.29. The number of ether oxygens (including phenoxy) is 1. The molecule has 0 aliphatic carbocycles. The number of nitrogens with zero attached hydrogens (tertiary/aromatic N) is 3.